The Hall–Kier alpha value is -3.31. The minimum atomic E-state index is -3.73. The molecule has 40 heavy (non-hydrogen) atoms. The smallest absolute Gasteiger partial charge is 0.264 e. The van der Waals surface area contributed by atoms with Crippen molar-refractivity contribution in [2.45, 2.75) is 24.7 Å². The Balaban J connectivity index is 1.25. The molecule has 0 atom stereocenters. The lowest BCUT2D eigenvalue weighted by atomic mass is 10.2. The number of benzene rings is 3. The fourth-order valence-electron chi connectivity index (χ4n) is 5.36. The average molecular weight is 577 g/mol. The number of thiazole rings is 1. The first-order valence-electron chi connectivity index (χ1n) is 13.6. The van der Waals surface area contributed by atoms with E-state index in [0.717, 1.165) is 66.3 Å². The van der Waals surface area contributed by atoms with Gasteiger partial charge in [0.15, 0.2) is 5.13 Å². The van der Waals surface area contributed by atoms with E-state index < -0.39 is 10.0 Å². The summed E-state index contributed by atoms with van der Waals surface area (Å²) in [6, 6.07) is 19.9. The molecule has 1 amide bonds. The lowest BCUT2D eigenvalue weighted by molar-refractivity contribution is 0.0376. The number of hydrogen-bond donors (Lipinski definition) is 0. The molecule has 2 aliphatic heterocycles. The van der Waals surface area contributed by atoms with Gasteiger partial charge in [0.2, 0.25) is 0 Å². The van der Waals surface area contributed by atoms with Crippen molar-refractivity contribution < 1.29 is 17.9 Å². The summed E-state index contributed by atoms with van der Waals surface area (Å²) in [5.74, 6) is -0.186. The SMILES string of the molecule is Cc1cccc2sc(N(CCCN3CCOCC3)C(=O)c3ccc(S(=O)(=O)N4CCc5ccccc54)cc3)nc12. The molecule has 0 N–H and O–H groups in total. The Labute approximate surface area is 238 Å². The number of hydrogen-bond acceptors (Lipinski definition) is 7. The Bertz CT molecular complexity index is 1630. The van der Waals surface area contributed by atoms with Gasteiger partial charge in [-0.3, -0.25) is 18.9 Å². The summed E-state index contributed by atoms with van der Waals surface area (Å²) in [7, 11) is -3.73. The van der Waals surface area contributed by atoms with Crippen LogP contribution in [-0.2, 0) is 21.2 Å². The van der Waals surface area contributed by atoms with E-state index in [1.54, 1.807) is 17.0 Å². The summed E-state index contributed by atoms with van der Waals surface area (Å²) in [6.07, 6.45) is 1.48. The number of carbonyl (C=O) groups excluding carboxylic acids is 1. The van der Waals surface area contributed by atoms with Crippen molar-refractivity contribution in [3.63, 3.8) is 0 Å². The fraction of sp³-hybridized carbons (Fsp3) is 0.333. The highest BCUT2D eigenvalue weighted by Gasteiger charge is 2.31. The highest BCUT2D eigenvalue weighted by Crippen LogP contribution is 2.34. The van der Waals surface area contributed by atoms with Crippen LogP contribution < -0.4 is 9.21 Å². The van der Waals surface area contributed by atoms with Gasteiger partial charge >= 0.3 is 0 Å². The maximum Gasteiger partial charge on any atom is 0.264 e. The Morgan fingerprint density at radius 1 is 1.00 bits per heavy atom. The zero-order chi connectivity index (χ0) is 27.7. The number of sulfonamides is 1. The van der Waals surface area contributed by atoms with E-state index in [4.69, 9.17) is 9.72 Å². The van der Waals surface area contributed by atoms with Crippen molar-refractivity contribution in [2.24, 2.45) is 0 Å². The Kier molecular flexibility index (Phi) is 7.59. The number of morpholine rings is 1. The second-order valence-electron chi connectivity index (χ2n) is 10.2. The van der Waals surface area contributed by atoms with E-state index in [1.807, 2.05) is 49.4 Å². The van der Waals surface area contributed by atoms with E-state index in [-0.39, 0.29) is 10.8 Å². The topological polar surface area (TPSA) is 83.0 Å². The molecule has 3 aromatic carbocycles. The molecular weight excluding hydrogens is 544 g/mol. The minimum absolute atomic E-state index is 0.176. The van der Waals surface area contributed by atoms with Gasteiger partial charge in [-0.15, -0.1) is 0 Å². The number of aryl methyl sites for hydroxylation is 1. The van der Waals surface area contributed by atoms with E-state index in [1.165, 1.54) is 27.8 Å². The number of ether oxygens (including phenoxy) is 1. The van der Waals surface area contributed by atoms with E-state index in [9.17, 15) is 13.2 Å². The number of fused-ring (bicyclic) bond motifs is 2. The molecule has 0 radical (unpaired) electrons. The summed E-state index contributed by atoms with van der Waals surface area (Å²) >= 11 is 1.50. The van der Waals surface area contributed by atoms with Gasteiger partial charge in [-0.25, -0.2) is 13.4 Å². The third-order valence-electron chi connectivity index (χ3n) is 7.58. The normalized spacial score (nSPS) is 15.9. The molecule has 208 valence electrons. The molecular formula is C30H32N4O4S2. The molecule has 3 heterocycles. The maximum absolute atomic E-state index is 13.9. The fourth-order valence-corrected chi connectivity index (χ4v) is 7.93. The van der Waals surface area contributed by atoms with Crippen LogP contribution in [0.4, 0.5) is 10.8 Å². The molecule has 0 spiro atoms. The predicted molar refractivity (Wildman–Crippen MR) is 159 cm³/mol. The zero-order valence-corrected chi connectivity index (χ0v) is 24.1. The standard InChI is InChI=1S/C30H32N4O4S2/c1-22-6-4-9-27-28(22)31-30(39-27)33(16-5-15-32-18-20-38-21-19-32)29(35)24-10-12-25(13-11-24)40(36,37)34-17-14-23-7-2-3-8-26(23)34/h2-4,6-13H,5,14-21H2,1H3. The molecule has 6 rings (SSSR count). The monoisotopic (exact) mass is 576 g/mol. The molecule has 0 unspecified atom stereocenters. The summed E-state index contributed by atoms with van der Waals surface area (Å²) < 4.78 is 34.9. The number of anilines is 2. The first-order chi connectivity index (χ1) is 19.4. The van der Waals surface area contributed by atoms with Gasteiger partial charge in [0, 0.05) is 38.3 Å². The van der Waals surface area contributed by atoms with E-state index in [0.29, 0.717) is 30.2 Å². The number of rotatable bonds is 8. The third kappa shape index (κ3) is 5.24. The van der Waals surface area contributed by atoms with Crippen molar-refractivity contribution in [3.05, 3.63) is 83.4 Å². The quantitative estimate of drug-likeness (QED) is 0.302. The molecule has 0 aliphatic carbocycles. The van der Waals surface area contributed by atoms with Crippen molar-refractivity contribution in [2.75, 3.05) is 55.1 Å². The molecule has 2 aliphatic rings. The van der Waals surface area contributed by atoms with E-state index >= 15 is 0 Å². The van der Waals surface area contributed by atoms with Gasteiger partial charge in [-0.1, -0.05) is 41.7 Å². The van der Waals surface area contributed by atoms with Crippen LogP contribution in [0.15, 0.2) is 71.6 Å². The van der Waals surface area contributed by atoms with Crippen molar-refractivity contribution in [1.82, 2.24) is 9.88 Å². The van der Waals surface area contributed by atoms with Gasteiger partial charge in [0.05, 0.1) is 34.0 Å². The molecule has 4 aromatic rings. The lowest BCUT2D eigenvalue weighted by Gasteiger charge is -2.27. The van der Waals surface area contributed by atoms with Crippen LogP contribution in [0.3, 0.4) is 0 Å². The number of para-hydroxylation sites is 2. The molecule has 10 heteroatoms. The summed E-state index contributed by atoms with van der Waals surface area (Å²) in [6.45, 7) is 7.07. The predicted octanol–water partition coefficient (Wildman–Crippen LogP) is 4.73. The van der Waals surface area contributed by atoms with Crippen LogP contribution in [0.25, 0.3) is 10.2 Å². The number of amides is 1. The van der Waals surface area contributed by atoms with Crippen LogP contribution >= 0.6 is 11.3 Å². The molecule has 8 nitrogen and oxygen atoms in total. The second-order valence-corrected chi connectivity index (χ2v) is 13.0. The lowest BCUT2D eigenvalue weighted by Crippen LogP contribution is -2.39. The Morgan fingerprint density at radius 3 is 2.55 bits per heavy atom. The molecule has 1 aromatic heterocycles. The van der Waals surface area contributed by atoms with Crippen LogP contribution in [0.5, 0.6) is 0 Å². The molecule has 0 saturated carbocycles. The number of aromatic nitrogens is 1. The Morgan fingerprint density at radius 2 is 1.77 bits per heavy atom. The van der Waals surface area contributed by atoms with Crippen molar-refractivity contribution in [1.29, 1.82) is 0 Å². The molecule has 1 fully saturated rings. The van der Waals surface area contributed by atoms with E-state index in [2.05, 4.69) is 4.90 Å². The largest absolute Gasteiger partial charge is 0.379 e. The van der Waals surface area contributed by atoms with Gasteiger partial charge < -0.3 is 4.74 Å². The van der Waals surface area contributed by atoms with Crippen molar-refractivity contribution >= 4 is 48.3 Å². The highest BCUT2D eigenvalue weighted by molar-refractivity contribution is 7.92. The number of carbonyl (C=O) groups is 1. The first-order valence-corrected chi connectivity index (χ1v) is 15.9. The number of nitrogens with zero attached hydrogens (tertiary/aromatic N) is 4. The average Bonchev–Trinajstić information content (AvgIpc) is 3.62. The van der Waals surface area contributed by atoms with Gasteiger partial charge in [0.25, 0.3) is 15.9 Å². The first kappa shape index (κ1) is 26.9. The molecule has 1 saturated heterocycles. The highest BCUT2D eigenvalue weighted by atomic mass is 32.2. The van der Waals surface area contributed by atoms with Gasteiger partial charge in [-0.2, -0.15) is 0 Å². The molecule has 0 bridgehead atoms. The van der Waals surface area contributed by atoms with Crippen LogP contribution in [-0.4, -0.2) is 70.1 Å². The zero-order valence-electron chi connectivity index (χ0n) is 22.5. The minimum Gasteiger partial charge on any atom is -0.379 e. The third-order valence-corrected chi connectivity index (χ3v) is 10.5. The van der Waals surface area contributed by atoms with Crippen LogP contribution in [0, 0.1) is 6.92 Å². The van der Waals surface area contributed by atoms with Crippen LogP contribution in [0.2, 0.25) is 0 Å². The van der Waals surface area contributed by atoms with Gasteiger partial charge in [0.1, 0.15) is 0 Å². The summed E-state index contributed by atoms with van der Waals surface area (Å²) in [5, 5.41) is 0.654. The maximum atomic E-state index is 13.9. The summed E-state index contributed by atoms with van der Waals surface area (Å²) in [5.41, 5.74) is 4.15. The van der Waals surface area contributed by atoms with Gasteiger partial charge in [-0.05, 0) is 67.3 Å². The van der Waals surface area contributed by atoms with Crippen molar-refractivity contribution in [3.8, 4) is 0 Å². The second kappa shape index (κ2) is 11.3. The van der Waals surface area contributed by atoms with Crippen LogP contribution in [0.1, 0.15) is 27.9 Å². The summed E-state index contributed by atoms with van der Waals surface area (Å²) in [4.78, 5) is 23.0.